The molecule has 21 heavy (non-hydrogen) atoms. The van der Waals surface area contributed by atoms with Crippen molar-refractivity contribution in [2.24, 2.45) is 0 Å². The van der Waals surface area contributed by atoms with Crippen molar-refractivity contribution in [3.05, 3.63) is 0 Å². The van der Waals surface area contributed by atoms with E-state index in [0.29, 0.717) is 6.54 Å². The average molecular weight is 299 g/mol. The first-order valence-corrected chi connectivity index (χ1v) is 7.87. The van der Waals surface area contributed by atoms with Crippen molar-refractivity contribution in [2.75, 3.05) is 41.3 Å². The van der Waals surface area contributed by atoms with Crippen LogP contribution in [0.4, 0.5) is 0 Å². The fourth-order valence-corrected chi connectivity index (χ4v) is 3.46. The Balaban J connectivity index is 2.72. The van der Waals surface area contributed by atoms with Gasteiger partial charge in [0.2, 0.25) is 0 Å². The van der Waals surface area contributed by atoms with E-state index in [4.69, 9.17) is 4.74 Å². The zero-order valence-corrected chi connectivity index (χ0v) is 14.8. The van der Waals surface area contributed by atoms with Gasteiger partial charge in [-0.2, -0.15) is 0 Å². The Labute approximate surface area is 130 Å². The summed E-state index contributed by atoms with van der Waals surface area (Å²) >= 11 is 0. The lowest BCUT2D eigenvalue weighted by Crippen LogP contribution is -2.62. The highest BCUT2D eigenvalue weighted by molar-refractivity contribution is 5.80. The van der Waals surface area contributed by atoms with Crippen molar-refractivity contribution < 1.29 is 9.53 Å². The predicted octanol–water partition coefficient (Wildman–Crippen LogP) is 1.33. The second-order valence-electron chi connectivity index (χ2n) is 7.27. The van der Waals surface area contributed by atoms with E-state index >= 15 is 0 Å². The number of hydrogen-bond donors (Lipinski definition) is 1. The number of methoxy groups -OCH3 is 1. The normalized spacial score (nSPS) is 20.5. The molecule has 0 aromatic carbocycles. The minimum absolute atomic E-state index is 0.199. The van der Waals surface area contributed by atoms with Crippen LogP contribution >= 0.6 is 0 Å². The Hall–Kier alpha value is -0.650. The topological polar surface area (TPSA) is 44.8 Å². The summed E-state index contributed by atoms with van der Waals surface area (Å²) in [4.78, 5) is 16.8. The Bertz CT molecular complexity index is 353. The van der Waals surface area contributed by atoms with Crippen molar-refractivity contribution >= 4 is 5.97 Å². The fraction of sp³-hybridized carbons (Fsp3) is 0.938. The Morgan fingerprint density at radius 2 is 1.90 bits per heavy atom. The summed E-state index contributed by atoms with van der Waals surface area (Å²) < 4.78 is 5.00. The zero-order valence-electron chi connectivity index (χ0n) is 14.8. The number of carbonyl (C=O) groups excluding carboxylic acids is 1. The molecule has 1 aliphatic rings. The molecular weight excluding hydrogens is 266 g/mol. The summed E-state index contributed by atoms with van der Waals surface area (Å²) in [6, 6.07) is 0.231. The van der Waals surface area contributed by atoms with Crippen LogP contribution in [0.2, 0.25) is 0 Å². The van der Waals surface area contributed by atoms with Gasteiger partial charge in [0.05, 0.1) is 7.11 Å². The van der Waals surface area contributed by atoms with Crippen LogP contribution in [0.15, 0.2) is 0 Å². The van der Waals surface area contributed by atoms with E-state index < -0.39 is 5.54 Å². The van der Waals surface area contributed by atoms with Gasteiger partial charge in [0.1, 0.15) is 5.54 Å². The van der Waals surface area contributed by atoms with Crippen LogP contribution in [0.3, 0.4) is 0 Å². The summed E-state index contributed by atoms with van der Waals surface area (Å²) in [6.45, 7) is 7.65. The van der Waals surface area contributed by atoms with Crippen LogP contribution < -0.4 is 5.32 Å². The van der Waals surface area contributed by atoms with Gasteiger partial charge in [-0.05, 0) is 61.2 Å². The van der Waals surface area contributed by atoms with Gasteiger partial charge in [0, 0.05) is 24.7 Å². The van der Waals surface area contributed by atoms with Gasteiger partial charge in [-0.3, -0.25) is 10.1 Å². The van der Waals surface area contributed by atoms with Gasteiger partial charge < -0.3 is 14.5 Å². The first kappa shape index (κ1) is 18.4. The minimum Gasteiger partial charge on any atom is -0.468 e. The van der Waals surface area contributed by atoms with Gasteiger partial charge >= 0.3 is 5.97 Å². The molecule has 0 aromatic rings. The molecule has 0 aromatic heterocycles. The number of rotatable bonds is 8. The molecule has 0 aliphatic heterocycles. The molecule has 0 saturated heterocycles. The molecular formula is C16H33N3O2. The smallest absolute Gasteiger partial charge is 0.327 e. The number of carbonyl (C=O) groups is 1. The van der Waals surface area contributed by atoms with E-state index in [9.17, 15) is 4.79 Å². The lowest BCUT2D eigenvalue weighted by atomic mass is 9.75. The maximum absolute atomic E-state index is 12.2. The molecule has 0 radical (unpaired) electrons. The van der Waals surface area contributed by atoms with Crippen LogP contribution in [0, 0.1) is 0 Å². The SMILES string of the molecule is COC(=O)C(C)(CN(C)CC1(N(C)C)CCC1)NC(C)C. The van der Waals surface area contributed by atoms with Crippen LogP contribution in [-0.2, 0) is 9.53 Å². The highest BCUT2D eigenvalue weighted by Crippen LogP contribution is 2.36. The number of likely N-dealkylation sites (N-methyl/N-ethyl adjacent to an activating group) is 2. The molecule has 1 aliphatic carbocycles. The predicted molar refractivity (Wildman–Crippen MR) is 86.5 cm³/mol. The summed E-state index contributed by atoms with van der Waals surface area (Å²) in [7, 11) is 7.85. The molecule has 0 heterocycles. The van der Waals surface area contributed by atoms with Crippen molar-refractivity contribution in [2.45, 2.75) is 57.2 Å². The van der Waals surface area contributed by atoms with Crippen molar-refractivity contribution in [3.8, 4) is 0 Å². The molecule has 1 unspecified atom stereocenters. The van der Waals surface area contributed by atoms with E-state index in [1.54, 1.807) is 0 Å². The summed E-state index contributed by atoms with van der Waals surface area (Å²) in [5.74, 6) is -0.199. The number of esters is 1. The van der Waals surface area contributed by atoms with Crippen molar-refractivity contribution in [3.63, 3.8) is 0 Å². The lowest BCUT2D eigenvalue weighted by molar-refractivity contribution is -0.149. The molecule has 0 bridgehead atoms. The molecule has 1 atom stereocenters. The zero-order chi connectivity index (χ0) is 16.3. The molecule has 1 saturated carbocycles. The second-order valence-corrected chi connectivity index (χ2v) is 7.27. The third kappa shape index (κ3) is 4.41. The Kier molecular flexibility index (Phi) is 6.20. The third-order valence-electron chi connectivity index (χ3n) is 4.63. The molecule has 1 rings (SSSR count). The summed E-state index contributed by atoms with van der Waals surface area (Å²) in [5.41, 5.74) is -0.404. The molecule has 0 spiro atoms. The fourth-order valence-electron chi connectivity index (χ4n) is 3.46. The van der Waals surface area contributed by atoms with E-state index in [2.05, 4.69) is 50.1 Å². The molecule has 124 valence electrons. The summed E-state index contributed by atoms with van der Waals surface area (Å²) in [5, 5.41) is 3.36. The standard InChI is InChI=1S/C16H33N3O2/c1-13(2)17-15(3,14(20)21-7)11-19(6)12-16(18(4)5)9-8-10-16/h13,17H,8-12H2,1-7H3. The van der Waals surface area contributed by atoms with Gasteiger partial charge in [0.25, 0.3) is 0 Å². The first-order chi connectivity index (χ1) is 9.65. The molecule has 5 nitrogen and oxygen atoms in total. The largest absolute Gasteiger partial charge is 0.468 e. The van der Waals surface area contributed by atoms with Gasteiger partial charge in [-0.25, -0.2) is 0 Å². The van der Waals surface area contributed by atoms with Gasteiger partial charge in [0.15, 0.2) is 0 Å². The van der Waals surface area contributed by atoms with E-state index in [0.717, 1.165) is 6.54 Å². The monoisotopic (exact) mass is 299 g/mol. The highest BCUT2D eigenvalue weighted by Gasteiger charge is 2.42. The maximum atomic E-state index is 12.2. The Morgan fingerprint density at radius 3 is 2.24 bits per heavy atom. The minimum atomic E-state index is -0.672. The molecule has 1 fully saturated rings. The van der Waals surface area contributed by atoms with Crippen molar-refractivity contribution in [1.82, 2.24) is 15.1 Å². The molecule has 1 N–H and O–H groups in total. The van der Waals surface area contributed by atoms with Crippen LogP contribution in [-0.4, -0.2) is 74.2 Å². The Morgan fingerprint density at radius 1 is 1.33 bits per heavy atom. The number of nitrogens with one attached hydrogen (secondary N) is 1. The number of hydrogen-bond acceptors (Lipinski definition) is 5. The van der Waals surface area contributed by atoms with E-state index in [1.165, 1.54) is 26.4 Å². The maximum Gasteiger partial charge on any atom is 0.327 e. The second kappa shape index (κ2) is 7.07. The molecule has 5 heteroatoms. The number of ether oxygens (including phenoxy) is 1. The van der Waals surface area contributed by atoms with Crippen LogP contribution in [0.1, 0.15) is 40.0 Å². The van der Waals surface area contributed by atoms with E-state index in [1.807, 2.05) is 6.92 Å². The van der Waals surface area contributed by atoms with Crippen molar-refractivity contribution in [1.29, 1.82) is 0 Å². The third-order valence-corrected chi connectivity index (χ3v) is 4.63. The van der Waals surface area contributed by atoms with Crippen LogP contribution in [0.25, 0.3) is 0 Å². The van der Waals surface area contributed by atoms with Gasteiger partial charge in [-0.15, -0.1) is 0 Å². The van der Waals surface area contributed by atoms with Gasteiger partial charge in [-0.1, -0.05) is 0 Å². The quantitative estimate of drug-likeness (QED) is 0.685. The van der Waals surface area contributed by atoms with E-state index in [-0.39, 0.29) is 17.6 Å². The number of nitrogens with zero attached hydrogens (tertiary/aromatic N) is 2. The first-order valence-electron chi connectivity index (χ1n) is 7.87. The molecule has 0 amide bonds. The van der Waals surface area contributed by atoms with Crippen LogP contribution in [0.5, 0.6) is 0 Å². The highest BCUT2D eigenvalue weighted by atomic mass is 16.5. The average Bonchev–Trinajstić information content (AvgIpc) is 2.30. The lowest BCUT2D eigenvalue weighted by Gasteiger charge is -2.50. The summed E-state index contributed by atoms with van der Waals surface area (Å²) in [6.07, 6.45) is 3.76.